The van der Waals surface area contributed by atoms with E-state index in [1.165, 1.54) is 0 Å². The minimum absolute atomic E-state index is 0.0238. The van der Waals surface area contributed by atoms with Crippen molar-refractivity contribution in [3.8, 4) is 0 Å². The number of aryl methyl sites for hydroxylation is 1. The highest BCUT2D eigenvalue weighted by molar-refractivity contribution is 5.85. The van der Waals surface area contributed by atoms with Crippen molar-refractivity contribution >= 4 is 11.8 Å². The molecular weight excluding hydrogens is 354 g/mol. The van der Waals surface area contributed by atoms with Gasteiger partial charge in [0.25, 0.3) is 0 Å². The highest BCUT2D eigenvalue weighted by atomic mass is 16.3. The van der Waals surface area contributed by atoms with E-state index in [1.807, 2.05) is 69.8 Å². The van der Waals surface area contributed by atoms with Gasteiger partial charge in [-0.05, 0) is 43.5 Å². The maximum Gasteiger partial charge on any atom is 0.242 e. The van der Waals surface area contributed by atoms with Crippen LogP contribution in [0.25, 0.3) is 0 Å². The molecule has 28 heavy (non-hydrogen) atoms. The van der Waals surface area contributed by atoms with Crippen LogP contribution in [0.2, 0.25) is 0 Å². The Morgan fingerprint density at radius 1 is 1.11 bits per heavy atom. The van der Waals surface area contributed by atoms with E-state index in [2.05, 4.69) is 0 Å². The summed E-state index contributed by atoms with van der Waals surface area (Å²) in [6.07, 6.45) is 4.83. The molecular formula is C22H33N3O3. The molecule has 0 aliphatic carbocycles. The van der Waals surface area contributed by atoms with Gasteiger partial charge in [0, 0.05) is 31.4 Å². The quantitative estimate of drug-likeness (QED) is 0.623. The van der Waals surface area contributed by atoms with Crippen LogP contribution < -0.4 is 0 Å². The van der Waals surface area contributed by atoms with Gasteiger partial charge >= 0.3 is 0 Å². The number of carbonyl (C=O) groups is 2. The number of carbonyl (C=O) groups excluding carboxylic acids is 2. The van der Waals surface area contributed by atoms with Crippen LogP contribution in [-0.2, 0) is 29.7 Å². The Labute approximate surface area is 168 Å². The summed E-state index contributed by atoms with van der Waals surface area (Å²) in [7, 11) is 1.96. The number of hydrogen-bond acceptors (Lipinski definition) is 3. The monoisotopic (exact) mass is 387 g/mol. The number of furan rings is 1. The van der Waals surface area contributed by atoms with E-state index < -0.39 is 0 Å². The van der Waals surface area contributed by atoms with Crippen molar-refractivity contribution in [1.29, 1.82) is 0 Å². The topological polar surface area (TPSA) is 58.7 Å². The Morgan fingerprint density at radius 2 is 1.86 bits per heavy atom. The first-order valence-corrected chi connectivity index (χ1v) is 10.0. The molecule has 154 valence electrons. The molecule has 0 bridgehead atoms. The fraction of sp³-hybridized carbons (Fsp3) is 0.545. The van der Waals surface area contributed by atoms with Gasteiger partial charge in [0.05, 0.1) is 19.4 Å². The van der Waals surface area contributed by atoms with Gasteiger partial charge in [-0.2, -0.15) is 0 Å². The lowest BCUT2D eigenvalue weighted by Gasteiger charge is -2.31. The Bertz CT molecular complexity index is 749. The van der Waals surface area contributed by atoms with Crippen molar-refractivity contribution in [3.63, 3.8) is 0 Å². The molecule has 0 spiro atoms. The van der Waals surface area contributed by atoms with E-state index in [9.17, 15) is 9.59 Å². The first-order valence-electron chi connectivity index (χ1n) is 10.0. The molecule has 2 heterocycles. The van der Waals surface area contributed by atoms with E-state index >= 15 is 0 Å². The second kappa shape index (κ2) is 10.2. The maximum atomic E-state index is 13.2. The van der Waals surface area contributed by atoms with Crippen LogP contribution in [0.4, 0.5) is 0 Å². The van der Waals surface area contributed by atoms with Gasteiger partial charge in [-0.1, -0.05) is 20.8 Å². The summed E-state index contributed by atoms with van der Waals surface area (Å²) < 4.78 is 7.45. The second-order valence-corrected chi connectivity index (χ2v) is 7.82. The highest BCUT2D eigenvalue weighted by Crippen LogP contribution is 2.15. The molecule has 0 N–H and O–H groups in total. The molecule has 0 saturated carbocycles. The molecule has 0 saturated heterocycles. The van der Waals surface area contributed by atoms with E-state index in [0.717, 1.165) is 17.9 Å². The Kier molecular flexibility index (Phi) is 7.91. The third kappa shape index (κ3) is 6.01. The molecule has 2 aromatic rings. The summed E-state index contributed by atoms with van der Waals surface area (Å²) >= 11 is 0. The van der Waals surface area contributed by atoms with E-state index in [-0.39, 0.29) is 30.3 Å². The number of rotatable bonds is 10. The average Bonchev–Trinajstić information content (AvgIpc) is 3.29. The van der Waals surface area contributed by atoms with Crippen LogP contribution in [0.1, 0.15) is 52.0 Å². The molecule has 6 nitrogen and oxygen atoms in total. The predicted octanol–water partition coefficient (Wildman–Crippen LogP) is 3.82. The van der Waals surface area contributed by atoms with Crippen molar-refractivity contribution < 1.29 is 14.0 Å². The van der Waals surface area contributed by atoms with Crippen molar-refractivity contribution in [3.05, 3.63) is 48.2 Å². The Hall–Kier alpha value is -2.50. The van der Waals surface area contributed by atoms with Crippen LogP contribution in [0.3, 0.4) is 0 Å². The molecule has 2 amide bonds. The predicted molar refractivity (Wildman–Crippen MR) is 109 cm³/mol. The fourth-order valence-electron chi connectivity index (χ4n) is 3.10. The molecule has 1 atom stereocenters. The van der Waals surface area contributed by atoms with Crippen LogP contribution >= 0.6 is 0 Å². The number of aromatic nitrogens is 1. The lowest BCUT2D eigenvalue weighted by molar-refractivity contribution is -0.143. The van der Waals surface area contributed by atoms with Gasteiger partial charge in [0.1, 0.15) is 12.3 Å². The van der Waals surface area contributed by atoms with Gasteiger partial charge in [0.2, 0.25) is 11.8 Å². The van der Waals surface area contributed by atoms with Crippen molar-refractivity contribution in [2.75, 3.05) is 6.54 Å². The van der Waals surface area contributed by atoms with E-state index in [0.29, 0.717) is 19.5 Å². The number of hydrogen-bond donors (Lipinski definition) is 0. The lowest BCUT2D eigenvalue weighted by Crippen LogP contribution is -2.46. The summed E-state index contributed by atoms with van der Waals surface area (Å²) in [5.41, 5.74) is 1.03. The third-order valence-corrected chi connectivity index (χ3v) is 5.02. The number of nitrogens with zero attached hydrogens (tertiary/aromatic N) is 3. The van der Waals surface area contributed by atoms with Crippen LogP contribution in [0.5, 0.6) is 0 Å². The van der Waals surface area contributed by atoms with Gasteiger partial charge in [0.15, 0.2) is 0 Å². The zero-order chi connectivity index (χ0) is 20.7. The molecule has 0 aromatic carbocycles. The van der Waals surface area contributed by atoms with Gasteiger partial charge in [-0.15, -0.1) is 0 Å². The largest absolute Gasteiger partial charge is 0.467 e. The highest BCUT2D eigenvalue weighted by Gasteiger charge is 2.26. The van der Waals surface area contributed by atoms with E-state index in [1.54, 1.807) is 16.1 Å². The van der Waals surface area contributed by atoms with Gasteiger partial charge in [-0.3, -0.25) is 9.59 Å². The first kappa shape index (κ1) is 21.8. The standard InChI is InChI=1S/C22H33N3O3/c1-6-18(4)25(21(26)13-17(2)3)16-22(27)24(15-20-10-8-12-28-20)14-19-9-7-11-23(19)5/h7-12,17-18H,6,13-16H2,1-5H3/t18-/m1/s1. The molecule has 0 radical (unpaired) electrons. The third-order valence-electron chi connectivity index (χ3n) is 5.02. The Morgan fingerprint density at radius 3 is 2.39 bits per heavy atom. The average molecular weight is 388 g/mol. The normalized spacial score (nSPS) is 12.2. The minimum atomic E-state index is -0.0741. The smallest absolute Gasteiger partial charge is 0.242 e. The molecule has 0 unspecified atom stereocenters. The van der Waals surface area contributed by atoms with E-state index in [4.69, 9.17) is 4.42 Å². The summed E-state index contributed by atoms with van der Waals surface area (Å²) in [4.78, 5) is 29.4. The zero-order valence-electron chi connectivity index (χ0n) is 17.7. The second-order valence-electron chi connectivity index (χ2n) is 7.82. The molecule has 0 fully saturated rings. The maximum absolute atomic E-state index is 13.2. The summed E-state index contributed by atoms with van der Waals surface area (Å²) in [6, 6.07) is 7.66. The lowest BCUT2D eigenvalue weighted by atomic mass is 10.1. The van der Waals surface area contributed by atoms with Crippen LogP contribution in [0, 0.1) is 5.92 Å². The summed E-state index contributed by atoms with van der Waals surface area (Å²) in [6.45, 7) is 9.01. The van der Waals surface area contributed by atoms with Crippen LogP contribution in [0.15, 0.2) is 41.1 Å². The Balaban J connectivity index is 2.18. The molecule has 2 aromatic heterocycles. The molecule has 0 aliphatic rings. The van der Waals surface area contributed by atoms with Crippen molar-refractivity contribution in [2.24, 2.45) is 13.0 Å². The molecule has 2 rings (SSSR count). The van der Waals surface area contributed by atoms with Crippen LogP contribution in [-0.4, -0.2) is 38.8 Å². The minimum Gasteiger partial charge on any atom is -0.467 e. The molecule has 6 heteroatoms. The molecule has 0 aliphatic heterocycles. The van der Waals surface area contributed by atoms with Gasteiger partial charge < -0.3 is 18.8 Å². The summed E-state index contributed by atoms with van der Waals surface area (Å²) in [5, 5.41) is 0. The zero-order valence-corrected chi connectivity index (χ0v) is 17.7. The first-order chi connectivity index (χ1) is 13.3. The number of amides is 2. The van der Waals surface area contributed by atoms with Crippen molar-refractivity contribution in [1.82, 2.24) is 14.4 Å². The van der Waals surface area contributed by atoms with Crippen molar-refractivity contribution in [2.45, 2.75) is 59.7 Å². The van der Waals surface area contributed by atoms with Gasteiger partial charge in [-0.25, -0.2) is 0 Å². The summed E-state index contributed by atoms with van der Waals surface area (Å²) in [5.74, 6) is 0.951. The SMILES string of the molecule is CC[C@@H](C)N(CC(=O)N(Cc1ccco1)Cc1cccn1C)C(=O)CC(C)C. The fourth-order valence-corrected chi connectivity index (χ4v) is 3.10.